The molecular weight excluding hydrogens is 527 g/mol. The van der Waals surface area contributed by atoms with Gasteiger partial charge < -0.3 is 15.1 Å². The van der Waals surface area contributed by atoms with Crippen LogP contribution in [0.5, 0.6) is 0 Å². The van der Waals surface area contributed by atoms with Crippen LogP contribution in [0.4, 0.5) is 23.7 Å². The number of allylic oxidation sites excluding steroid dienone is 1. The second kappa shape index (κ2) is 10.5. The molecule has 0 aromatic heterocycles. The summed E-state index contributed by atoms with van der Waals surface area (Å²) < 4.78 is 40.7. The molecule has 1 aliphatic carbocycles. The van der Waals surface area contributed by atoms with Crippen molar-refractivity contribution in [2.75, 3.05) is 31.1 Å². The van der Waals surface area contributed by atoms with E-state index >= 15 is 0 Å². The van der Waals surface area contributed by atoms with E-state index < -0.39 is 36.3 Å². The molecule has 2 aromatic rings. The van der Waals surface area contributed by atoms with E-state index in [-0.39, 0.29) is 61.1 Å². The van der Waals surface area contributed by atoms with Crippen molar-refractivity contribution in [2.45, 2.75) is 31.5 Å². The zero-order valence-corrected chi connectivity index (χ0v) is 21.2. The van der Waals surface area contributed by atoms with Crippen molar-refractivity contribution in [1.29, 1.82) is 5.26 Å². The second-order valence-electron chi connectivity index (χ2n) is 9.73. The summed E-state index contributed by atoms with van der Waals surface area (Å²) in [4.78, 5) is 56.4. The van der Waals surface area contributed by atoms with E-state index in [2.05, 4.69) is 5.32 Å². The van der Waals surface area contributed by atoms with E-state index in [9.17, 15) is 37.6 Å². The lowest BCUT2D eigenvalue weighted by atomic mass is 9.83. The number of nitrogens with zero attached hydrogens (tertiary/aromatic N) is 4. The molecular formula is C28H24F3N5O4. The molecule has 1 fully saturated rings. The SMILES string of the molecule is N#Cc1ccc(C2C3=C(CCCC3=O)N(c3cccc(C(F)(F)F)c3)C(=O)N2CC(=O)N2CCNC(=O)C2)cc1. The van der Waals surface area contributed by atoms with Gasteiger partial charge >= 0.3 is 12.2 Å². The van der Waals surface area contributed by atoms with Crippen LogP contribution in [-0.2, 0) is 20.6 Å². The normalized spacial score (nSPS) is 19.8. The van der Waals surface area contributed by atoms with Crippen molar-refractivity contribution in [2.24, 2.45) is 0 Å². The van der Waals surface area contributed by atoms with Gasteiger partial charge in [0.05, 0.1) is 35.5 Å². The van der Waals surface area contributed by atoms with Crippen LogP contribution in [0, 0.1) is 11.3 Å². The summed E-state index contributed by atoms with van der Waals surface area (Å²) in [5.74, 6) is -1.18. The Morgan fingerprint density at radius 2 is 1.82 bits per heavy atom. The molecule has 3 aliphatic rings. The fourth-order valence-corrected chi connectivity index (χ4v) is 5.33. The number of amides is 4. The number of ketones is 1. The third-order valence-electron chi connectivity index (χ3n) is 7.20. The van der Waals surface area contributed by atoms with Crippen molar-refractivity contribution < 1.29 is 32.3 Å². The Balaban J connectivity index is 1.65. The van der Waals surface area contributed by atoms with Crippen LogP contribution < -0.4 is 10.2 Å². The number of hydrogen-bond acceptors (Lipinski definition) is 5. The molecule has 2 aliphatic heterocycles. The van der Waals surface area contributed by atoms with Crippen molar-refractivity contribution >= 4 is 29.3 Å². The minimum absolute atomic E-state index is 0.0740. The number of carbonyl (C=O) groups excluding carboxylic acids is 4. The van der Waals surface area contributed by atoms with E-state index in [4.69, 9.17) is 0 Å². The van der Waals surface area contributed by atoms with Crippen LogP contribution >= 0.6 is 0 Å². The number of urea groups is 1. The second-order valence-corrected chi connectivity index (χ2v) is 9.73. The minimum atomic E-state index is -4.66. The molecule has 0 saturated carbocycles. The van der Waals surface area contributed by atoms with Gasteiger partial charge in [-0.05, 0) is 48.7 Å². The number of carbonyl (C=O) groups is 4. The van der Waals surface area contributed by atoms with Crippen LogP contribution in [0.25, 0.3) is 0 Å². The molecule has 1 unspecified atom stereocenters. The molecule has 1 N–H and O–H groups in total. The first kappa shape index (κ1) is 26.9. The van der Waals surface area contributed by atoms with Crippen molar-refractivity contribution in [1.82, 2.24) is 15.1 Å². The van der Waals surface area contributed by atoms with Gasteiger partial charge in [-0.15, -0.1) is 0 Å². The Kier molecular flexibility index (Phi) is 7.06. The highest BCUT2D eigenvalue weighted by Crippen LogP contribution is 2.44. The van der Waals surface area contributed by atoms with Crippen LogP contribution in [0.2, 0.25) is 0 Å². The number of rotatable bonds is 4. The molecule has 12 heteroatoms. The molecule has 1 saturated heterocycles. The molecule has 0 bridgehead atoms. The largest absolute Gasteiger partial charge is 0.416 e. The Morgan fingerprint density at radius 3 is 2.50 bits per heavy atom. The molecule has 9 nitrogen and oxygen atoms in total. The van der Waals surface area contributed by atoms with Crippen molar-refractivity contribution in [3.05, 3.63) is 76.5 Å². The van der Waals surface area contributed by atoms with E-state index in [1.54, 1.807) is 12.1 Å². The van der Waals surface area contributed by atoms with Gasteiger partial charge in [-0.2, -0.15) is 18.4 Å². The highest BCUT2D eigenvalue weighted by atomic mass is 19.4. The number of nitriles is 1. The molecule has 1 atom stereocenters. The first-order valence-electron chi connectivity index (χ1n) is 12.7. The molecule has 5 rings (SSSR count). The zero-order valence-electron chi connectivity index (χ0n) is 21.2. The minimum Gasteiger partial charge on any atom is -0.353 e. The molecule has 4 amide bonds. The number of hydrogen-bond donors (Lipinski definition) is 1. The summed E-state index contributed by atoms with van der Waals surface area (Å²) in [5.41, 5.74) is 0.298. The Labute approximate surface area is 227 Å². The van der Waals surface area contributed by atoms with Crippen LogP contribution in [0.1, 0.15) is 42.0 Å². The quantitative estimate of drug-likeness (QED) is 0.625. The smallest absolute Gasteiger partial charge is 0.353 e. The predicted molar refractivity (Wildman–Crippen MR) is 135 cm³/mol. The molecule has 40 heavy (non-hydrogen) atoms. The zero-order chi connectivity index (χ0) is 28.6. The summed E-state index contributed by atoms with van der Waals surface area (Å²) in [7, 11) is 0. The number of nitrogens with one attached hydrogen (secondary N) is 1. The molecule has 2 heterocycles. The number of piperazine rings is 1. The number of Topliss-reactive ketones (excluding diaryl/α,β-unsaturated/α-hetero) is 1. The lowest BCUT2D eigenvalue weighted by molar-refractivity contribution is -0.138. The highest BCUT2D eigenvalue weighted by Gasteiger charge is 2.46. The van der Waals surface area contributed by atoms with Gasteiger partial charge in [0, 0.05) is 30.8 Å². The Morgan fingerprint density at radius 1 is 1.07 bits per heavy atom. The summed E-state index contributed by atoms with van der Waals surface area (Å²) in [6.07, 6.45) is -3.82. The lowest BCUT2D eigenvalue weighted by Gasteiger charge is -2.45. The van der Waals surface area contributed by atoms with Gasteiger partial charge in [-0.3, -0.25) is 19.3 Å². The number of halogens is 3. The monoisotopic (exact) mass is 551 g/mol. The Hall–Kier alpha value is -4.66. The third-order valence-corrected chi connectivity index (χ3v) is 7.20. The van der Waals surface area contributed by atoms with E-state index in [1.807, 2.05) is 6.07 Å². The fraction of sp³-hybridized carbons (Fsp3) is 0.321. The maximum Gasteiger partial charge on any atom is 0.416 e. The number of alkyl halides is 3. The Bertz CT molecular complexity index is 1460. The molecule has 206 valence electrons. The van der Waals surface area contributed by atoms with E-state index in [0.29, 0.717) is 17.5 Å². The summed E-state index contributed by atoms with van der Waals surface area (Å²) in [6.45, 7) is -0.261. The van der Waals surface area contributed by atoms with E-state index in [0.717, 1.165) is 17.0 Å². The van der Waals surface area contributed by atoms with Gasteiger partial charge in [0.1, 0.15) is 6.54 Å². The predicted octanol–water partition coefficient (Wildman–Crippen LogP) is 3.53. The van der Waals surface area contributed by atoms with Crippen molar-refractivity contribution in [3.8, 4) is 6.07 Å². The maximum absolute atomic E-state index is 14.2. The first-order valence-corrected chi connectivity index (χ1v) is 12.7. The lowest BCUT2D eigenvalue weighted by Crippen LogP contribution is -2.57. The number of anilines is 1. The summed E-state index contributed by atoms with van der Waals surface area (Å²) in [5, 5.41) is 11.9. The first-order chi connectivity index (χ1) is 19.1. The van der Waals surface area contributed by atoms with Gasteiger partial charge in [-0.1, -0.05) is 18.2 Å². The van der Waals surface area contributed by atoms with Crippen molar-refractivity contribution in [3.63, 3.8) is 0 Å². The van der Waals surface area contributed by atoms with Crippen LogP contribution in [0.15, 0.2) is 59.8 Å². The topological polar surface area (TPSA) is 114 Å². The van der Waals surface area contributed by atoms with E-state index in [1.165, 1.54) is 34.1 Å². The highest BCUT2D eigenvalue weighted by molar-refractivity contribution is 6.07. The average molecular weight is 552 g/mol. The van der Waals surface area contributed by atoms with Gasteiger partial charge in [0.15, 0.2) is 5.78 Å². The third kappa shape index (κ3) is 5.02. The molecule has 2 aromatic carbocycles. The fourth-order valence-electron chi connectivity index (χ4n) is 5.33. The summed E-state index contributed by atoms with van der Waals surface area (Å²) in [6, 6.07) is 10.8. The van der Waals surface area contributed by atoms with Gasteiger partial charge in [0.2, 0.25) is 11.8 Å². The summed E-state index contributed by atoms with van der Waals surface area (Å²) >= 11 is 0. The standard InChI is InChI=1S/C28H24F3N5O4/c29-28(30,31)19-3-1-4-20(13-19)36-21-5-2-6-22(37)25(21)26(18-9-7-17(14-32)8-10-18)35(27(36)40)16-24(39)34-12-11-33-23(38)15-34/h1,3-4,7-10,13,26H,2,5-6,11-12,15-16H2,(H,33,38). The average Bonchev–Trinajstić information content (AvgIpc) is 2.93. The van der Waals surface area contributed by atoms with Crippen LogP contribution in [-0.4, -0.2) is 59.6 Å². The van der Waals surface area contributed by atoms with Gasteiger partial charge in [0.25, 0.3) is 0 Å². The number of benzene rings is 2. The molecule has 0 radical (unpaired) electrons. The van der Waals surface area contributed by atoms with Gasteiger partial charge in [-0.25, -0.2) is 4.79 Å². The maximum atomic E-state index is 14.2. The molecule has 0 spiro atoms. The van der Waals surface area contributed by atoms with Crippen LogP contribution in [0.3, 0.4) is 0 Å².